The van der Waals surface area contributed by atoms with Crippen LogP contribution in [-0.4, -0.2) is 34.1 Å². The van der Waals surface area contributed by atoms with Gasteiger partial charge >= 0.3 is 0 Å². The molecule has 0 radical (unpaired) electrons. The van der Waals surface area contributed by atoms with Gasteiger partial charge in [-0.1, -0.05) is 6.42 Å². The molecule has 116 valence electrons. The number of hydrogen-bond acceptors (Lipinski definition) is 5. The fourth-order valence-electron chi connectivity index (χ4n) is 4.03. The molecule has 6 nitrogen and oxygen atoms in total. The van der Waals surface area contributed by atoms with Crippen LogP contribution in [0.5, 0.6) is 0 Å². The first-order valence-electron chi connectivity index (χ1n) is 7.74. The Labute approximate surface area is 128 Å². The Balaban J connectivity index is 1.65. The van der Waals surface area contributed by atoms with Gasteiger partial charge in [-0.3, -0.25) is 4.79 Å². The maximum atomic E-state index is 12.7. The third-order valence-corrected chi connectivity index (χ3v) is 5.17. The van der Waals surface area contributed by atoms with Crippen molar-refractivity contribution in [2.24, 2.45) is 5.92 Å². The van der Waals surface area contributed by atoms with E-state index in [2.05, 4.69) is 10.2 Å². The number of carbonyl (C=O) groups excluding carboxylic acids is 1. The molecule has 0 spiro atoms. The third-order valence-electron chi connectivity index (χ3n) is 5.17. The molecule has 0 aromatic carbocycles. The van der Waals surface area contributed by atoms with Crippen LogP contribution in [0.15, 0.2) is 21.2 Å². The molecule has 0 unspecified atom stereocenters. The highest BCUT2D eigenvalue weighted by Crippen LogP contribution is 2.50. The Morgan fingerprint density at radius 2 is 2.27 bits per heavy atom. The van der Waals surface area contributed by atoms with Crippen LogP contribution in [0.1, 0.15) is 47.2 Å². The van der Waals surface area contributed by atoms with Gasteiger partial charge in [0.1, 0.15) is 0 Å². The van der Waals surface area contributed by atoms with Crippen molar-refractivity contribution in [1.82, 2.24) is 15.1 Å². The van der Waals surface area contributed by atoms with E-state index in [4.69, 9.17) is 8.83 Å². The number of carbonyl (C=O) groups is 1. The summed E-state index contributed by atoms with van der Waals surface area (Å²) in [6.07, 6.45) is 4.81. The highest BCUT2D eigenvalue weighted by atomic mass is 16.4. The molecule has 2 aromatic rings. The van der Waals surface area contributed by atoms with Crippen molar-refractivity contribution in [3.63, 3.8) is 0 Å². The van der Waals surface area contributed by atoms with Crippen molar-refractivity contribution in [1.29, 1.82) is 0 Å². The summed E-state index contributed by atoms with van der Waals surface area (Å²) < 4.78 is 11.1. The van der Waals surface area contributed by atoms with E-state index in [-0.39, 0.29) is 11.3 Å². The summed E-state index contributed by atoms with van der Waals surface area (Å²) in [5, 5.41) is 8.24. The monoisotopic (exact) mass is 301 g/mol. The molecule has 22 heavy (non-hydrogen) atoms. The second-order valence-electron chi connectivity index (χ2n) is 6.49. The zero-order chi connectivity index (χ0) is 15.3. The molecule has 3 heterocycles. The number of nitrogens with zero attached hydrogens (tertiary/aromatic N) is 3. The zero-order valence-electron chi connectivity index (χ0n) is 12.8. The molecule has 1 saturated carbocycles. The predicted octanol–water partition coefficient (Wildman–Crippen LogP) is 2.47. The Kier molecular flexibility index (Phi) is 2.89. The lowest BCUT2D eigenvalue weighted by Gasteiger charge is -2.24. The van der Waals surface area contributed by atoms with Crippen LogP contribution in [-0.2, 0) is 5.41 Å². The van der Waals surface area contributed by atoms with Crippen LogP contribution in [0.4, 0.5) is 0 Å². The summed E-state index contributed by atoms with van der Waals surface area (Å²) in [6, 6.07) is 1.82. The number of furan rings is 1. The Morgan fingerprint density at radius 3 is 2.95 bits per heavy atom. The van der Waals surface area contributed by atoms with Crippen LogP contribution in [0.2, 0.25) is 0 Å². The van der Waals surface area contributed by atoms with Crippen molar-refractivity contribution in [3.05, 3.63) is 35.4 Å². The predicted molar refractivity (Wildman–Crippen MR) is 77.4 cm³/mol. The first-order chi connectivity index (χ1) is 10.6. The number of likely N-dealkylation sites (tertiary alicyclic amines) is 1. The smallest absolute Gasteiger partial charge is 0.289 e. The molecule has 1 aliphatic carbocycles. The van der Waals surface area contributed by atoms with Gasteiger partial charge < -0.3 is 13.7 Å². The molecule has 2 fully saturated rings. The molecule has 2 atom stereocenters. The van der Waals surface area contributed by atoms with Gasteiger partial charge in [-0.05, 0) is 31.7 Å². The lowest BCUT2D eigenvalue weighted by molar-refractivity contribution is 0.0743. The molecule has 0 bridgehead atoms. The standard InChI is InChI=1S/C16H19N3O3/c1-10-5-7-21-13(10)14(20)19-8-12-4-3-6-16(12,9-19)15-18-17-11(2)22-15/h5,7,12H,3-4,6,8-9H2,1-2H3/t12-,16-/m0/s1. The number of rotatable bonds is 2. The van der Waals surface area contributed by atoms with Gasteiger partial charge in [-0.2, -0.15) is 0 Å². The average molecular weight is 301 g/mol. The largest absolute Gasteiger partial charge is 0.459 e. The van der Waals surface area contributed by atoms with Crippen molar-refractivity contribution in [3.8, 4) is 0 Å². The minimum atomic E-state index is -0.169. The Hall–Kier alpha value is -2.11. The van der Waals surface area contributed by atoms with Gasteiger partial charge in [-0.15, -0.1) is 10.2 Å². The lowest BCUT2D eigenvalue weighted by atomic mass is 9.80. The highest BCUT2D eigenvalue weighted by molar-refractivity contribution is 5.93. The van der Waals surface area contributed by atoms with Gasteiger partial charge in [0, 0.05) is 25.6 Å². The average Bonchev–Trinajstić information content (AvgIpc) is 3.19. The Bertz CT molecular complexity index is 720. The van der Waals surface area contributed by atoms with E-state index >= 15 is 0 Å². The van der Waals surface area contributed by atoms with Gasteiger partial charge in [-0.25, -0.2) is 0 Å². The van der Waals surface area contributed by atoms with Crippen molar-refractivity contribution >= 4 is 5.91 Å². The van der Waals surface area contributed by atoms with E-state index in [9.17, 15) is 4.79 Å². The van der Waals surface area contributed by atoms with Crippen LogP contribution in [0.25, 0.3) is 0 Å². The molecule has 1 aliphatic heterocycles. The fourth-order valence-corrected chi connectivity index (χ4v) is 4.03. The van der Waals surface area contributed by atoms with Gasteiger partial charge in [0.15, 0.2) is 5.76 Å². The third kappa shape index (κ3) is 1.82. The quantitative estimate of drug-likeness (QED) is 0.852. The summed E-state index contributed by atoms with van der Waals surface area (Å²) in [4.78, 5) is 14.6. The number of fused-ring (bicyclic) bond motifs is 1. The van der Waals surface area contributed by atoms with Crippen molar-refractivity contribution in [2.45, 2.75) is 38.5 Å². The van der Waals surface area contributed by atoms with Crippen LogP contribution < -0.4 is 0 Å². The van der Waals surface area contributed by atoms with E-state index < -0.39 is 0 Å². The van der Waals surface area contributed by atoms with Gasteiger partial charge in [0.05, 0.1) is 11.7 Å². The van der Waals surface area contributed by atoms with E-state index in [1.54, 1.807) is 13.2 Å². The second-order valence-corrected chi connectivity index (χ2v) is 6.49. The molecule has 2 aromatic heterocycles. The van der Waals surface area contributed by atoms with Crippen LogP contribution in [0, 0.1) is 19.8 Å². The van der Waals surface area contributed by atoms with Crippen molar-refractivity contribution < 1.29 is 13.6 Å². The van der Waals surface area contributed by atoms with Gasteiger partial charge in [0.25, 0.3) is 5.91 Å². The fraction of sp³-hybridized carbons (Fsp3) is 0.562. The minimum Gasteiger partial charge on any atom is -0.459 e. The SMILES string of the molecule is Cc1nnc([C@]23CCC[C@H]2CN(C(=O)c2occc2C)C3)o1. The van der Waals surface area contributed by atoms with E-state index in [1.807, 2.05) is 17.9 Å². The normalized spacial score (nSPS) is 27.4. The van der Waals surface area contributed by atoms with Gasteiger partial charge in [0.2, 0.25) is 11.8 Å². The Morgan fingerprint density at radius 1 is 1.41 bits per heavy atom. The number of amides is 1. The second kappa shape index (κ2) is 4.69. The number of aryl methyl sites for hydroxylation is 2. The van der Waals surface area contributed by atoms with E-state index in [0.29, 0.717) is 30.0 Å². The van der Waals surface area contributed by atoms with Crippen molar-refractivity contribution in [2.75, 3.05) is 13.1 Å². The van der Waals surface area contributed by atoms with E-state index in [0.717, 1.165) is 31.4 Å². The molecule has 1 amide bonds. The molecular weight excluding hydrogens is 282 g/mol. The lowest BCUT2D eigenvalue weighted by Crippen LogP contribution is -2.35. The maximum Gasteiger partial charge on any atom is 0.289 e. The summed E-state index contributed by atoms with van der Waals surface area (Å²) in [7, 11) is 0. The summed E-state index contributed by atoms with van der Waals surface area (Å²) in [5.41, 5.74) is 0.710. The molecular formula is C16H19N3O3. The first-order valence-corrected chi connectivity index (χ1v) is 7.74. The minimum absolute atomic E-state index is 0.0347. The van der Waals surface area contributed by atoms with Crippen LogP contribution >= 0.6 is 0 Å². The molecule has 4 rings (SSSR count). The topological polar surface area (TPSA) is 72.4 Å². The molecule has 2 aliphatic rings. The summed E-state index contributed by atoms with van der Waals surface area (Å²) >= 11 is 0. The molecule has 1 saturated heterocycles. The number of aromatic nitrogens is 2. The summed E-state index contributed by atoms with van der Waals surface area (Å²) in [6.45, 7) is 5.07. The van der Waals surface area contributed by atoms with E-state index in [1.165, 1.54) is 0 Å². The summed E-state index contributed by atoms with van der Waals surface area (Å²) in [5.74, 6) is 2.08. The highest BCUT2D eigenvalue weighted by Gasteiger charge is 2.55. The molecule has 0 N–H and O–H groups in total. The maximum absolute atomic E-state index is 12.7. The number of hydrogen-bond donors (Lipinski definition) is 0. The first kappa shape index (κ1) is 13.5. The zero-order valence-corrected chi connectivity index (χ0v) is 12.8. The molecule has 6 heteroatoms. The van der Waals surface area contributed by atoms with Crippen LogP contribution in [0.3, 0.4) is 0 Å².